The number of nitrogens with zero attached hydrogens (tertiary/aromatic N) is 2. The molecule has 0 saturated heterocycles. The van der Waals surface area contributed by atoms with Crippen molar-refractivity contribution in [1.82, 2.24) is 9.97 Å². The van der Waals surface area contributed by atoms with Crippen LogP contribution in [0.5, 0.6) is 0 Å². The standard InChI is InChI=1S/C11H10F3N3S/c1-2-15-9-5-3-4-7(17-9)8-6-16-10(18-8)11(12,13)14/h3-6H,2H2,1H3,(H,15,17). The maximum Gasteiger partial charge on any atom is 0.443 e. The van der Waals surface area contributed by atoms with E-state index in [4.69, 9.17) is 0 Å². The first-order valence-corrected chi connectivity index (χ1v) is 6.06. The molecule has 0 aliphatic carbocycles. The van der Waals surface area contributed by atoms with Crippen LogP contribution >= 0.6 is 11.3 Å². The molecule has 96 valence electrons. The molecule has 0 radical (unpaired) electrons. The summed E-state index contributed by atoms with van der Waals surface area (Å²) in [5.74, 6) is 0.636. The molecule has 0 fully saturated rings. The molecular weight excluding hydrogens is 263 g/mol. The molecule has 0 aliphatic rings. The first-order valence-electron chi connectivity index (χ1n) is 5.25. The maximum atomic E-state index is 12.4. The number of rotatable bonds is 3. The number of hydrogen-bond donors (Lipinski definition) is 1. The third-order valence-corrected chi connectivity index (χ3v) is 3.17. The molecule has 2 rings (SSSR count). The van der Waals surface area contributed by atoms with Crippen LogP contribution in [0.1, 0.15) is 11.9 Å². The minimum absolute atomic E-state index is 0.405. The van der Waals surface area contributed by atoms with Crippen LogP contribution in [-0.4, -0.2) is 16.5 Å². The minimum Gasteiger partial charge on any atom is -0.370 e. The van der Waals surface area contributed by atoms with Gasteiger partial charge in [0, 0.05) is 12.7 Å². The number of pyridine rings is 1. The van der Waals surface area contributed by atoms with Gasteiger partial charge < -0.3 is 5.32 Å². The fraction of sp³-hybridized carbons (Fsp3) is 0.273. The van der Waals surface area contributed by atoms with E-state index in [1.54, 1.807) is 18.2 Å². The van der Waals surface area contributed by atoms with Crippen LogP contribution in [-0.2, 0) is 6.18 Å². The molecule has 0 saturated carbocycles. The van der Waals surface area contributed by atoms with Crippen LogP contribution in [0.25, 0.3) is 10.6 Å². The predicted molar refractivity (Wildman–Crippen MR) is 64.5 cm³/mol. The molecule has 0 bridgehead atoms. The predicted octanol–water partition coefficient (Wildman–Crippen LogP) is 3.66. The number of anilines is 1. The van der Waals surface area contributed by atoms with Crippen molar-refractivity contribution in [2.75, 3.05) is 11.9 Å². The van der Waals surface area contributed by atoms with Crippen molar-refractivity contribution in [3.05, 3.63) is 29.4 Å². The quantitative estimate of drug-likeness (QED) is 0.927. The van der Waals surface area contributed by atoms with Crippen molar-refractivity contribution in [2.24, 2.45) is 0 Å². The Bertz CT molecular complexity index is 536. The second-order valence-corrected chi connectivity index (χ2v) is 4.50. The van der Waals surface area contributed by atoms with Gasteiger partial charge in [-0.05, 0) is 19.1 Å². The molecule has 18 heavy (non-hydrogen) atoms. The monoisotopic (exact) mass is 273 g/mol. The Morgan fingerprint density at radius 3 is 2.72 bits per heavy atom. The summed E-state index contributed by atoms with van der Waals surface area (Å²) in [6.07, 6.45) is -3.20. The van der Waals surface area contributed by atoms with Crippen molar-refractivity contribution in [3.63, 3.8) is 0 Å². The van der Waals surface area contributed by atoms with Gasteiger partial charge in [-0.3, -0.25) is 0 Å². The Kier molecular flexibility index (Phi) is 3.51. The van der Waals surface area contributed by atoms with Crippen LogP contribution in [0.4, 0.5) is 19.0 Å². The van der Waals surface area contributed by atoms with Crippen molar-refractivity contribution < 1.29 is 13.2 Å². The van der Waals surface area contributed by atoms with Crippen LogP contribution in [0.3, 0.4) is 0 Å². The summed E-state index contributed by atoms with van der Waals surface area (Å²) in [5, 5.41) is 2.15. The van der Waals surface area contributed by atoms with E-state index in [2.05, 4.69) is 15.3 Å². The largest absolute Gasteiger partial charge is 0.443 e. The third kappa shape index (κ3) is 2.79. The van der Waals surface area contributed by atoms with Gasteiger partial charge in [0.15, 0.2) is 5.01 Å². The van der Waals surface area contributed by atoms with E-state index in [9.17, 15) is 13.2 Å². The second kappa shape index (κ2) is 4.93. The van der Waals surface area contributed by atoms with Gasteiger partial charge in [-0.2, -0.15) is 13.2 Å². The smallest absolute Gasteiger partial charge is 0.370 e. The molecule has 0 amide bonds. The summed E-state index contributed by atoms with van der Waals surface area (Å²) >= 11 is 0.593. The van der Waals surface area contributed by atoms with E-state index in [-0.39, 0.29) is 0 Å². The summed E-state index contributed by atoms with van der Waals surface area (Å²) in [6.45, 7) is 2.62. The molecule has 0 unspecified atom stereocenters. The first kappa shape index (κ1) is 12.8. The highest BCUT2D eigenvalue weighted by molar-refractivity contribution is 7.15. The number of aromatic nitrogens is 2. The summed E-state index contributed by atoms with van der Waals surface area (Å²) in [4.78, 5) is 8.00. The van der Waals surface area contributed by atoms with Gasteiger partial charge in [-0.15, -0.1) is 11.3 Å². The fourth-order valence-corrected chi connectivity index (χ4v) is 2.13. The van der Waals surface area contributed by atoms with Crippen molar-refractivity contribution in [1.29, 1.82) is 0 Å². The van der Waals surface area contributed by atoms with E-state index in [0.717, 1.165) is 0 Å². The number of alkyl halides is 3. The van der Waals surface area contributed by atoms with Gasteiger partial charge in [0.05, 0.1) is 10.6 Å². The van der Waals surface area contributed by atoms with Crippen molar-refractivity contribution in [2.45, 2.75) is 13.1 Å². The van der Waals surface area contributed by atoms with E-state index in [1.165, 1.54) is 6.20 Å². The van der Waals surface area contributed by atoms with E-state index in [1.807, 2.05) is 6.92 Å². The highest BCUT2D eigenvalue weighted by Crippen LogP contribution is 2.35. The topological polar surface area (TPSA) is 37.8 Å². The van der Waals surface area contributed by atoms with Gasteiger partial charge in [0.1, 0.15) is 5.82 Å². The molecule has 3 nitrogen and oxygen atoms in total. The van der Waals surface area contributed by atoms with Crippen molar-refractivity contribution >= 4 is 17.2 Å². The molecule has 2 aromatic rings. The molecule has 0 aromatic carbocycles. The first-order chi connectivity index (χ1) is 8.50. The van der Waals surface area contributed by atoms with Crippen LogP contribution < -0.4 is 5.32 Å². The normalized spacial score (nSPS) is 11.6. The lowest BCUT2D eigenvalue weighted by Gasteiger charge is -2.03. The SMILES string of the molecule is CCNc1cccc(-c2cnc(C(F)(F)F)s2)n1. The Hall–Kier alpha value is -1.63. The molecular formula is C11H10F3N3S. The highest BCUT2D eigenvalue weighted by Gasteiger charge is 2.34. The Labute approximate surface area is 106 Å². The third-order valence-electron chi connectivity index (χ3n) is 2.11. The zero-order valence-corrected chi connectivity index (χ0v) is 10.3. The van der Waals surface area contributed by atoms with E-state index in [0.29, 0.717) is 34.3 Å². The zero-order valence-electron chi connectivity index (χ0n) is 9.45. The van der Waals surface area contributed by atoms with E-state index >= 15 is 0 Å². The Morgan fingerprint density at radius 1 is 1.33 bits per heavy atom. The molecule has 7 heteroatoms. The molecule has 1 N–H and O–H groups in total. The summed E-state index contributed by atoms with van der Waals surface area (Å²) in [7, 11) is 0. The van der Waals surface area contributed by atoms with Crippen LogP contribution in [0.15, 0.2) is 24.4 Å². The highest BCUT2D eigenvalue weighted by atomic mass is 32.1. The number of nitrogens with one attached hydrogen (secondary N) is 1. The molecule has 0 atom stereocenters. The van der Waals surface area contributed by atoms with Crippen LogP contribution in [0.2, 0.25) is 0 Å². The average Bonchev–Trinajstić information content (AvgIpc) is 2.78. The van der Waals surface area contributed by atoms with Gasteiger partial charge in [-0.25, -0.2) is 9.97 Å². The van der Waals surface area contributed by atoms with Crippen LogP contribution in [0, 0.1) is 0 Å². The summed E-state index contributed by atoms with van der Waals surface area (Å²) in [5.41, 5.74) is 0.487. The van der Waals surface area contributed by atoms with Gasteiger partial charge in [0.25, 0.3) is 0 Å². The number of thiazole rings is 1. The van der Waals surface area contributed by atoms with Crippen molar-refractivity contribution in [3.8, 4) is 10.6 Å². The second-order valence-electron chi connectivity index (χ2n) is 3.47. The number of halogens is 3. The van der Waals surface area contributed by atoms with E-state index < -0.39 is 11.2 Å². The average molecular weight is 273 g/mol. The minimum atomic E-state index is -4.40. The Balaban J connectivity index is 2.31. The molecule has 0 aliphatic heterocycles. The summed E-state index contributed by atoms with van der Waals surface area (Å²) in [6, 6.07) is 5.17. The lowest BCUT2D eigenvalue weighted by molar-refractivity contribution is -0.137. The maximum absolute atomic E-state index is 12.4. The van der Waals surface area contributed by atoms with Gasteiger partial charge in [0.2, 0.25) is 0 Å². The molecule has 2 heterocycles. The molecule has 2 aromatic heterocycles. The molecule has 0 spiro atoms. The summed E-state index contributed by atoms with van der Waals surface area (Å²) < 4.78 is 37.3. The van der Waals surface area contributed by atoms with Gasteiger partial charge >= 0.3 is 6.18 Å². The lowest BCUT2D eigenvalue weighted by atomic mass is 10.3. The zero-order chi connectivity index (χ0) is 13.2. The lowest BCUT2D eigenvalue weighted by Crippen LogP contribution is -2.02. The number of hydrogen-bond acceptors (Lipinski definition) is 4. The Morgan fingerprint density at radius 2 is 2.11 bits per heavy atom. The van der Waals surface area contributed by atoms with Gasteiger partial charge in [-0.1, -0.05) is 6.07 Å². The fourth-order valence-electron chi connectivity index (χ4n) is 1.38.